The number of carbonyl (C=O) groups excluding carboxylic acids is 1. The second-order valence-electron chi connectivity index (χ2n) is 7.42. The van der Waals surface area contributed by atoms with Gasteiger partial charge in [-0.15, -0.1) is 0 Å². The molecule has 0 radical (unpaired) electrons. The van der Waals surface area contributed by atoms with Crippen molar-refractivity contribution in [1.82, 2.24) is 14.9 Å². The third kappa shape index (κ3) is 5.55. The van der Waals surface area contributed by atoms with E-state index >= 15 is 0 Å². The summed E-state index contributed by atoms with van der Waals surface area (Å²) in [7, 11) is 0. The Labute approximate surface area is 195 Å². The van der Waals surface area contributed by atoms with Gasteiger partial charge >= 0.3 is 0 Å². The number of hydrogen-bond acceptors (Lipinski definition) is 4. The molecular weight excluding hydrogens is 470 g/mol. The van der Waals surface area contributed by atoms with Crippen molar-refractivity contribution < 1.29 is 14.6 Å². The van der Waals surface area contributed by atoms with E-state index in [-0.39, 0.29) is 12.5 Å². The Morgan fingerprint density at radius 3 is 2.53 bits per heavy atom. The standard InChI is InChI=1S/C25H24BrN3O3/c26-19-10-12-21(13-11-19)32-17-20(30)16-29-23-9-5-4-8-22(23)28-24(29)14-15-27-25(31)18-6-2-1-3-7-18/h1-13,20,30H,14-17H2,(H,27,31)/t20-/m1/s1. The van der Waals surface area contributed by atoms with E-state index in [4.69, 9.17) is 9.72 Å². The first-order chi connectivity index (χ1) is 15.6. The number of halogens is 1. The number of ether oxygens (including phenoxy) is 1. The summed E-state index contributed by atoms with van der Waals surface area (Å²) in [5, 5.41) is 13.6. The first-order valence-corrected chi connectivity index (χ1v) is 11.2. The van der Waals surface area contributed by atoms with Crippen molar-refractivity contribution in [3.8, 4) is 5.75 Å². The van der Waals surface area contributed by atoms with Gasteiger partial charge in [-0.1, -0.05) is 46.3 Å². The number of imidazole rings is 1. The molecule has 1 atom stereocenters. The van der Waals surface area contributed by atoms with Crippen LogP contribution in [0.1, 0.15) is 16.2 Å². The number of aliphatic hydroxyl groups is 1. The highest BCUT2D eigenvalue weighted by molar-refractivity contribution is 9.10. The fraction of sp³-hybridized carbons (Fsp3) is 0.200. The van der Waals surface area contributed by atoms with Crippen molar-refractivity contribution in [3.63, 3.8) is 0 Å². The number of nitrogens with one attached hydrogen (secondary N) is 1. The van der Waals surface area contributed by atoms with Gasteiger partial charge in [-0.3, -0.25) is 4.79 Å². The number of amides is 1. The lowest BCUT2D eigenvalue weighted by Gasteiger charge is -2.16. The number of hydrogen-bond donors (Lipinski definition) is 2. The van der Waals surface area contributed by atoms with E-state index in [9.17, 15) is 9.90 Å². The van der Waals surface area contributed by atoms with E-state index < -0.39 is 6.10 Å². The van der Waals surface area contributed by atoms with Crippen molar-refractivity contribution in [2.45, 2.75) is 19.1 Å². The minimum Gasteiger partial charge on any atom is -0.491 e. The molecule has 4 rings (SSSR count). The Morgan fingerprint density at radius 2 is 1.75 bits per heavy atom. The molecule has 0 saturated heterocycles. The first kappa shape index (κ1) is 22.0. The molecule has 0 saturated carbocycles. The molecule has 0 aliphatic rings. The fourth-order valence-electron chi connectivity index (χ4n) is 3.49. The van der Waals surface area contributed by atoms with Crippen molar-refractivity contribution >= 4 is 32.9 Å². The zero-order valence-electron chi connectivity index (χ0n) is 17.4. The topological polar surface area (TPSA) is 76.4 Å². The minimum atomic E-state index is -0.714. The smallest absolute Gasteiger partial charge is 0.251 e. The summed E-state index contributed by atoms with van der Waals surface area (Å²) >= 11 is 3.40. The van der Waals surface area contributed by atoms with Gasteiger partial charge in [0, 0.05) is 23.0 Å². The molecule has 32 heavy (non-hydrogen) atoms. The molecule has 0 fully saturated rings. The van der Waals surface area contributed by atoms with Gasteiger partial charge in [0.25, 0.3) is 5.91 Å². The highest BCUT2D eigenvalue weighted by Gasteiger charge is 2.15. The molecule has 7 heteroatoms. The van der Waals surface area contributed by atoms with Gasteiger partial charge in [0.15, 0.2) is 0 Å². The van der Waals surface area contributed by atoms with Crippen LogP contribution in [-0.4, -0.2) is 39.8 Å². The third-order valence-corrected chi connectivity index (χ3v) is 5.58. The average Bonchev–Trinajstić information content (AvgIpc) is 3.16. The molecule has 2 N–H and O–H groups in total. The number of para-hydroxylation sites is 2. The summed E-state index contributed by atoms with van der Waals surface area (Å²) in [6.07, 6.45) is -0.165. The van der Waals surface area contributed by atoms with E-state index in [0.29, 0.717) is 30.8 Å². The fourth-order valence-corrected chi connectivity index (χ4v) is 3.75. The number of carbonyl (C=O) groups is 1. The number of aliphatic hydroxyl groups excluding tert-OH is 1. The minimum absolute atomic E-state index is 0.115. The van der Waals surface area contributed by atoms with Gasteiger partial charge in [-0.25, -0.2) is 4.98 Å². The van der Waals surface area contributed by atoms with Crippen LogP contribution in [0.15, 0.2) is 83.3 Å². The molecular formula is C25H24BrN3O3. The highest BCUT2D eigenvalue weighted by atomic mass is 79.9. The Hall–Kier alpha value is -3.16. The monoisotopic (exact) mass is 493 g/mol. The van der Waals surface area contributed by atoms with Crippen LogP contribution in [0.3, 0.4) is 0 Å². The number of rotatable bonds is 9. The largest absolute Gasteiger partial charge is 0.491 e. The number of aromatic nitrogens is 2. The van der Waals surface area contributed by atoms with E-state index in [1.165, 1.54) is 0 Å². The van der Waals surface area contributed by atoms with Crippen molar-refractivity contribution in [3.05, 3.63) is 94.7 Å². The lowest BCUT2D eigenvalue weighted by atomic mass is 10.2. The maximum atomic E-state index is 12.3. The predicted molar refractivity (Wildman–Crippen MR) is 128 cm³/mol. The van der Waals surface area contributed by atoms with Crippen LogP contribution >= 0.6 is 15.9 Å². The average molecular weight is 494 g/mol. The molecule has 1 amide bonds. The van der Waals surface area contributed by atoms with Crippen LogP contribution in [0.4, 0.5) is 0 Å². The summed E-state index contributed by atoms with van der Waals surface area (Å²) in [6, 6.07) is 24.4. The number of nitrogens with zero attached hydrogens (tertiary/aromatic N) is 2. The molecule has 3 aromatic carbocycles. The van der Waals surface area contributed by atoms with Gasteiger partial charge in [0.2, 0.25) is 0 Å². The third-order valence-electron chi connectivity index (χ3n) is 5.05. The Balaban J connectivity index is 1.41. The predicted octanol–water partition coefficient (Wildman–Crippen LogP) is 4.21. The van der Waals surface area contributed by atoms with Crippen LogP contribution in [-0.2, 0) is 13.0 Å². The molecule has 0 aliphatic heterocycles. The second kappa shape index (κ2) is 10.4. The van der Waals surface area contributed by atoms with Gasteiger partial charge in [0.05, 0.1) is 17.6 Å². The summed E-state index contributed by atoms with van der Waals surface area (Å²) in [5.41, 5.74) is 2.43. The molecule has 0 bridgehead atoms. The first-order valence-electron chi connectivity index (χ1n) is 10.4. The summed E-state index contributed by atoms with van der Waals surface area (Å²) < 4.78 is 8.69. The van der Waals surface area contributed by atoms with Crippen LogP contribution in [0, 0.1) is 0 Å². The quantitative estimate of drug-likeness (QED) is 0.366. The van der Waals surface area contributed by atoms with Gasteiger partial charge in [-0.2, -0.15) is 0 Å². The van der Waals surface area contributed by atoms with Crippen LogP contribution in [0.25, 0.3) is 11.0 Å². The molecule has 4 aromatic rings. The zero-order valence-corrected chi connectivity index (χ0v) is 19.0. The molecule has 0 unspecified atom stereocenters. The summed E-state index contributed by atoms with van der Waals surface area (Å²) in [6.45, 7) is 0.958. The van der Waals surface area contributed by atoms with Gasteiger partial charge < -0.3 is 19.7 Å². The molecule has 0 aliphatic carbocycles. The SMILES string of the molecule is O=C(NCCc1nc2ccccc2n1C[C@@H](O)COc1ccc(Br)cc1)c1ccccc1. The van der Waals surface area contributed by atoms with Crippen molar-refractivity contribution in [2.75, 3.05) is 13.2 Å². The van der Waals surface area contributed by atoms with Crippen molar-refractivity contribution in [2.24, 2.45) is 0 Å². The summed E-state index contributed by atoms with van der Waals surface area (Å²) in [5.74, 6) is 1.39. The van der Waals surface area contributed by atoms with Crippen LogP contribution in [0.2, 0.25) is 0 Å². The van der Waals surface area contributed by atoms with Crippen molar-refractivity contribution in [1.29, 1.82) is 0 Å². The van der Waals surface area contributed by atoms with Crippen LogP contribution in [0.5, 0.6) is 5.75 Å². The molecule has 1 heterocycles. The van der Waals surface area contributed by atoms with E-state index in [1.54, 1.807) is 12.1 Å². The van der Waals surface area contributed by atoms with E-state index in [0.717, 1.165) is 21.3 Å². The van der Waals surface area contributed by atoms with Gasteiger partial charge in [0.1, 0.15) is 24.3 Å². The Bertz CT molecular complexity index is 1180. The maximum absolute atomic E-state index is 12.3. The van der Waals surface area contributed by atoms with E-state index in [2.05, 4.69) is 21.2 Å². The number of benzene rings is 3. The van der Waals surface area contributed by atoms with Crippen LogP contribution < -0.4 is 10.1 Å². The molecule has 1 aromatic heterocycles. The maximum Gasteiger partial charge on any atom is 0.251 e. The lowest BCUT2D eigenvalue weighted by Crippen LogP contribution is -2.28. The number of fused-ring (bicyclic) bond motifs is 1. The highest BCUT2D eigenvalue weighted by Crippen LogP contribution is 2.19. The van der Waals surface area contributed by atoms with Gasteiger partial charge in [-0.05, 0) is 48.5 Å². The molecule has 6 nitrogen and oxygen atoms in total. The molecule has 0 spiro atoms. The summed E-state index contributed by atoms with van der Waals surface area (Å²) in [4.78, 5) is 17.0. The Morgan fingerprint density at radius 1 is 1.03 bits per heavy atom. The second-order valence-corrected chi connectivity index (χ2v) is 8.33. The van der Waals surface area contributed by atoms with E-state index in [1.807, 2.05) is 71.3 Å². The zero-order chi connectivity index (χ0) is 22.3. The Kier molecular flexibility index (Phi) is 7.19. The molecule has 164 valence electrons. The normalized spacial score (nSPS) is 11.9. The lowest BCUT2D eigenvalue weighted by molar-refractivity contribution is 0.0922.